The summed E-state index contributed by atoms with van der Waals surface area (Å²) in [6, 6.07) is 13.3. The predicted molar refractivity (Wildman–Crippen MR) is 62.6 cm³/mol. The quantitative estimate of drug-likeness (QED) is 0.718. The lowest BCUT2D eigenvalue weighted by atomic mass is 10.1. The fourth-order valence-electron chi connectivity index (χ4n) is 1.18. The van der Waals surface area contributed by atoms with Crippen LogP contribution in [0.4, 0.5) is 4.79 Å². The molecule has 0 radical (unpaired) electrons. The highest BCUT2D eigenvalue weighted by molar-refractivity contribution is 9.18. The van der Waals surface area contributed by atoms with Crippen LogP contribution in [0.25, 0.3) is 10.8 Å². The molecule has 0 aromatic heterocycles. The summed E-state index contributed by atoms with van der Waals surface area (Å²) in [5.74, 6) is 0.323. The molecule has 0 saturated carbocycles. The van der Waals surface area contributed by atoms with Crippen molar-refractivity contribution in [1.82, 2.24) is 0 Å². The summed E-state index contributed by atoms with van der Waals surface area (Å²) >= 11 is 2.19. The first kappa shape index (κ1) is 11.5. The van der Waals surface area contributed by atoms with E-state index in [0.29, 0.717) is 5.75 Å². The highest BCUT2D eigenvalue weighted by Crippen LogP contribution is 2.18. The van der Waals surface area contributed by atoms with Crippen LogP contribution in [-0.4, -0.2) is 15.1 Å². The molecule has 3 nitrogen and oxygen atoms in total. The Morgan fingerprint density at radius 1 is 1.07 bits per heavy atom. The number of benzene rings is 2. The number of carboxylic acid groups (broad SMARTS) is 1. The Balaban J connectivity index is 0.000000245. The maximum absolute atomic E-state index is 9.13. The lowest BCUT2D eigenvalue weighted by molar-refractivity contribution is 0.223. The van der Waals surface area contributed by atoms with Gasteiger partial charge in [-0.05, 0) is 22.9 Å². The van der Waals surface area contributed by atoms with Crippen LogP contribution >= 0.6 is 15.9 Å². The number of phenols is 1. The van der Waals surface area contributed by atoms with Gasteiger partial charge in [0.1, 0.15) is 5.75 Å². The Morgan fingerprint density at radius 2 is 1.60 bits per heavy atom. The minimum Gasteiger partial charge on any atom is -0.508 e. The number of phenolic OH excluding ortho intramolecular Hbond substituents is 1. The molecule has 2 rings (SSSR count). The van der Waals surface area contributed by atoms with Gasteiger partial charge >= 0.3 is 4.88 Å². The molecular formula is C11H9BrO3. The number of halogens is 1. The maximum atomic E-state index is 9.13. The maximum Gasteiger partial charge on any atom is 0.372 e. The lowest BCUT2D eigenvalue weighted by Crippen LogP contribution is -1.69. The summed E-state index contributed by atoms with van der Waals surface area (Å²) in [6.07, 6.45) is 0. The third-order valence-electron chi connectivity index (χ3n) is 1.73. The monoisotopic (exact) mass is 268 g/mol. The van der Waals surface area contributed by atoms with Gasteiger partial charge in [-0.25, -0.2) is 4.79 Å². The van der Waals surface area contributed by atoms with Crippen LogP contribution in [-0.2, 0) is 0 Å². The smallest absolute Gasteiger partial charge is 0.372 e. The molecule has 0 amide bonds. The third-order valence-corrected chi connectivity index (χ3v) is 1.73. The van der Waals surface area contributed by atoms with Gasteiger partial charge in [0.25, 0.3) is 0 Å². The third kappa shape index (κ3) is 3.99. The van der Waals surface area contributed by atoms with Gasteiger partial charge in [-0.1, -0.05) is 30.3 Å². The van der Waals surface area contributed by atoms with E-state index >= 15 is 0 Å². The van der Waals surface area contributed by atoms with Crippen molar-refractivity contribution in [2.24, 2.45) is 0 Å². The second-order valence-corrected chi connectivity index (χ2v) is 3.46. The van der Waals surface area contributed by atoms with Crippen molar-refractivity contribution in [2.45, 2.75) is 0 Å². The molecule has 0 aliphatic rings. The van der Waals surface area contributed by atoms with E-state index in [-0.39, 0.29) is 0 Å². The summed E-state index contributed by atoms with van der Waals surface area (Å²) in [5, 5.41) is 18.7. The minimum atomic E-state index is -1.02. The van der Waals surface area contributed by atoms with Crippen molar-refractivity contribution < 1.29 is 15.0 Å². The Bertz CT molecular complexity index is 464. The predicted octanol–water partition coefficient (Wildman–Crippen LogP) is 3.60. The molecule has 0 aliphatic carbocycles. The molecule has 0 atom stereocenters. The van der Waals surface area contributed by atoms with Gasteiger partial charge in [0.15, 0.2) is 0 Å². The standard InChI is InChI=1S/C10H8O.CHBrO2/c11-10-6-5-8-3-1-2-4-9(8)7-10;2-1(3)4/h1-7,11H;(H,3,4). The van der Waals surface area contributed by atoms with Crippen molar-refractivity contribution in [3.63, 3.8) is 0 Å². The van der Waals surface area contributed by atoms with Gasteiger partial charge in [-0.2, -0.15) is 0 Å². The molecule has 2 aromatic rings. The van der Waals surface area contributed by atoms with Crippen molar-refractivity contribution >= 4 is 31.6 Å². The summed E-state index contributed by atoms with van der Waals surface area (Å²) < 4.78 is 0. The van der Waals surface area contributed by atoms with Crippen LogP contribution in [0.5, 0.6) is 5.75 Å². The van der Waals surface area contributed by atoms with E-state index in [0.717, 1.165) is 10.8 Å². The molecule has 78 valence electrons. The van der Waals surface area contributed by atoms with Crippen molar-refractivity contribution in [1.29, 1.82) is 0 Å². The minimum absolute atomic E-state index is 0.323. The summed E-state index contributed by atoms with van der Waals surface area (Å²) in [5.41, 5.74) is 0. The van der Waals surface area contributed by atoms with Gasteiger partial charge < -0.3 is 10.2 Å². The van der Waals surface area contributed by atoms with E-state index in [4.69, 9.17) is 15.0 Å². The molecule has 0 unspecified atom stereocenters. The SMILES string of the molecule is O=C(O)Br.Oc1ccc2ccccc2c1. The molecular weight excluding hydrogens is 260 g/mol. The van der Waals surface area contributed by atoms with Gasteiger partial charge in [-0.15, -0.1) is 0 Å². The largest absolute Gasteiger partial charge is 0.508 e. The Kier molecular flexibility index (Phi) is 4.12. The number of aromatic hydroxyl groups is 1. The number of fused-ring (bicyclic) bond motifs is 1. The summed E-state index contributed by atoms with van der Waals surface area (Å²) in [6.45, 7) is 0. The average molecular weight is 269 g/mol. The number of hydrogen-bond donors (Lipinski definition) is 2. The first-order chi connectivity index (χ1) is 7.09. The molecule has 4 heteroatoms. The molecule has 0 saturated heterocycles. The first-order valence-electron chi connectivity index (χ1n) is 4.16. The molecule has 15 heavy (non-hydrogen) atoms. The van der Waals surface area contributed by atoms with E-state index in [9.17, 15) is 0 Å². The van der Waals surface area contributed by atoms with Crippen molar-refractivity contribution in [3.8, 4) is 5.75 Å². The molecule has 0 spiro atoms. The van der Waals surface area contributed by atoms with E-state index in [1.165, 1.54) is 0 Å². The van der Waals surface area contributed by atoms with Crippen molar-refractivity contribution in [2.75, 3.05) is 0 Å². The normalized spacial score (nSPS) is 9.13. The van der Waals surface area contributed by atoms with Crippen molar-refractivity contribution in [3.05, 3.63) is 42.5 Å². The highest BCUT2D eigenvalue weighted by atomic mass is 79.9. The van der Waals surface area contributed by atoms with E-state index in [2.05, 4.69) is 15.9 Å². The van der Waals surface area contributed by atoms with Crippen LogP contribution in [0.15, 0.2) is 42.5 Å². The van der Waals surface area contributed by atoms with Crippen LogP contribution in [0.2, 0.25) is 0 Å². The molecule has 0 fully saturated rings. The fraction of sp³-hybridized carbons (Fsp3) is 0. The highest BCUT2D eigenvalue weighted by Gasteiger charge is 1.91. The van der Waals surface area contributed by atoms with E-state index < -0.39 is 4.88 Å². The van der Waals surface area contributed by atoms with Crippen LogP contribution in [0, 0.1) is 0 Å². The number of rotatable bonds is 0. The summed E-state index contributed by atoms with van der Waals surface area (Å²) in [7, 11) is 0. The number of carbonyl (C=O) groups is 1. The average Bonchev–Trinajstić information content (AvgIpc) is 2.16. The summed E-state index contributed by atoms with van der Waals surface area (Å²) in [4.78, 5) is 7.90. The molecule has 0 heterocycles. The second-order valence-electron chi connectivity index (χ2n) is 2.78. The van der Waals surface area contributed by atoms with E-state index in [1.54, 1.807) is 12.1 Å². The lowest BCUT2D eigenvalue weighted by Gasteiger charge is -1.96. The van der Waals surface area contributed by atoms with Crippen LogP contribution in [0.1, 0.15) is 0 Å². The molecule has 0 bridgehead atoms. The Labute approximate surface area is 95.1 Å². The first-order valence-corrected chi connectivity index (χ1v) is 4.95. The number of hydrogen-bond acceptors (Lipinski definition) is 2. The molecule has 2 aromatic carbocycles. The van der Waals surface area contributed by atoms with E-state index in [1.807, 2.05) is 30.3 Å². The topological polar surface area (TPSA) is 57.5 Å². The van der Waals surface area contributed by atoms with Gasteiger partial charge in [-0.3, -0.25) is 0 Å². The zero-order valence-corrected chi connectivity index (χ0v) is 9.31. The Morgan fingerprint density at radius 3 is 2.20 bits per heavy atom. The fourth-order valence-corrected chi connectivity index (χ4v) is 1.18. The van der Waals surface area contributed by atoms with Gasteiger partial charge in [0, 0.05) is 15.9 Å². The Hall–Kier alpha value is -1.55. The molecule has 2 N–H and O–H groups in total. The van der Waals surface area contributed by atoms with Crippen LogP contribution < -0.4 is 0 Å². The zero-order valence-electron chi connectivity index (χ0n) is 7.72. The second kappa shape index (κ2) is 5.36. The molecule has 0 aliphatic heterocycles. The van der Waals surface area contributed by atoms with Gasteiger partial charge in [0.05, 0.1) is 0 Å². The zero-order chi connectivity index (χ0) is 11.3. The van der Waals surface area contributed by atoms with Gasteiger partial charge in [0.2, 0.25) is 0 Å². The van der Waals surface area contributed by atoms with Crippen LogP contribution in [0.3, 0.4) is 0 Å².